The first-order valence-electron chi connectivity index (χ1n) is 6.23. The number of hydrogen-bond donors (Lipinski definition) is 2. The summed E-state index contributed by atoms with van der Waals surface area (Å²) >= 11 is 0. The number of rotatable bonds is 4. The minimum absolute atomic E-state index is 0.0928. The highest BCUT2D eigenvalue weighted by Gasteiger charge is 2.11. The van der Waals surface area contributed by atoms with Crippen molar-refractivity contribution in [3.05, 3.63) is 53.2 Å². The predicted octanol–water partition coefficient (Wildman–Crippen LogP) is 2.31. The lowest BCUT2D eigenvalue weighted by Gasteiger charge is -2.20. The van der Waals surface area contributed by atoms with Gasteiger partial charge in [-0.15, -0.1) is 0 Å². The Morgan fingerprint density at radius 3 is 2.75 bits per heavy atom. The van der Waals surface area contributed by atoms with E-state index in [1.807, 2.05) is 37.1 Å². The third-order valence-electron chi connectivity index (χ3n) is 3.01. The van der Waals surface area contributed by atoms with Crippen LogP contribution in [-0.4, -0.2) is 23.1 Å². The monoisotopic (exact) mass is 271 g/mol. The fraction of sp³-hybridized carbons (Fsp3) is 0.200. The van der Waals surface area contributed by atoms with Gasteiger partial charge in [-0.3, -0.25) is 0 Å². The average Bonchev–Trinajstić information content (AvgIpc) is 2.38. The number of nitrogens with two attached hydrogens (primary N) is 1. The summed E-state index contributed by atoms with van der Waals surface area (Å²) in [6.07, 6.45) is 1.32. The van der Waals surface area contributed by atoms with Gasteiger partial charge in [0.1, 0.15) is 0 Å². The summed E-state index contributed by atoms with van der Waals surface area (Å²) in [7, 11) is 1.88. The van der Waals surface area contributed by atoms with Gasteiger partial charge >= 0.3 is 5.97 Å². The van der Waals surface area contributed by atoms with Crippen molar-refractivity contribution in [2.24, 2.45) is 0 Å². The Hall–Kier alpha value is -2.56. The molecule has 2 rings (SSSR count). The maximum Gasteiger partial charge on any atom is 0.337 e. The van der Waals surface area contributed by atoms with E-state index < -0.39 is 5.97 Å². The first-order valence-corrected chi connectivity index (χ1v) is 6.23. The third kappa shape index (κ3) is 3.06. The van der Waals surface area contributed by atoms with E-state index >= 15 is 0 Å². The Labute approximate surface area is 117 Å². The summed E-state index contributed by atoms with van der Waals surface area (Å²) in [5.74, 6) is -0.450. The molecule has 0 aliphatic carbocycles. The highest BCUT2D eigenvalue weighted by atomic mass is 16.4. The molecule has 0 aliphatic heterocycles. The summed E-state index contributed by atoms with van der Waals surface area (Å²) in [6, 6.07) is 9.60. The number of hydrogen-bond acceptors (Lipinski definition) is 4. The molecule has 0 saturated carbocycles. The first kappa shape index (κ1) is 13.9. The first-order chi connectivity index (χ1) is 9.47. The molecule has 20 heavy (non-hydrogen) atoms. The zero-order valence-corrected chi connectivity index (χ0v) is 11.5. The van der Waals surface area contributed by atoms with E-state index in [1.54, 1.807) is 0 Å². The molecular weight excluding hydrogens is 254 g/mol. The number of pyridine rings is 1. The summed E-state index contributed by atoms with van der Waals surface area (Å²) in [6.45, 7) is 2.70. The molecule has 0 saturated heterocycles. The van der Waals surface area contributed by atoms with Crippen molar-refractivity contribution in [1.82, 2.24) is 4.98 Å². The molecule has 0 spiro atoms. The number of aromatic nitrogens is 1. The number of nitrogen functional groups attached to an aromatic ring is 1. The molecule has 3 N–H and O–H groups in total. The van der Waals surface area contributed by atoms with Gasteiger partial charge in [0.2, 0.25) is 0 Å². The lowest BCUT2D eigenvalue weighted by atomic mass is 10.1. The van der Waals surface area contributed by atoms with Crippen LogP contribution in [0.3, 0.4) is 0 Å². The van der Waals surface area contributed by atoms with Crippen LogP contribution in [0.25, 0.3) is 0 Å². The van der Waals surface area contributed by atoms with Gasteiger partial charge in [-0.05, 0) is 18.6 Å². The van der Waals surface area contributed by atoms with Crippen molar-refractivity contribution < 1.29 is 9.90 Å². The number of anilines is 2. The summed E-state index contributed by atoms with van der Waals surface area (Å²) in [5, 5.41) is 8.90. The molecule has 0 unspecified atom stereocenters. The summed E-state index contributed by atoms with van der Waals surface area (Å²) in [4.78, 5) is 16.9. The zero-order chi connectivity index (χ0) is 14.7. The van der Waals surface area contributed by atoms with Crippen LogP contribution in [0.15, 0.2) is 36.5 Å². The number of carboxylic acids is 1. The van der Waals surface area contributed by atoms with Gasteiger partial charge in [0.25, 0.3) is 0 Å². The summed E-state index contributed by atoms with van der Waals surface area (Å²) < 4.78 is 0. The van der Waals surface area contributed by atoms with Gasteiger partial charge in [0.15, 0.2) is 5.82 Å². The largest absolute Gasteiger partial charge is 0.478 e. The fourth-order valence-corrected chi connectivity index (χ4v) is 2.07. The Kier molecular flexibility index (Phi) is 3.89. The molecule has 0 bridgehead atoms. The lowest BCUT2D eigenvalue weighted by molar-refractivity contribution is 0.0696. The summed E-state index contributed by atoms with van der Waals surface area (Å²) in [5.41, 5.74) is 8.67. The topological polar surface area (TPSA) is 79.5 Å². The SMILES string of the molecule is Cc1cccc(CN(C)c2ncc(C(=O)O)cc2N)c1. The zero-order valence-electron chi connectivity index (χ0n) is 11.5. The standard InChI is InChI=1S/C15H17N3O2/c1-10-4-3-5-11(6-10)9-18(2)14-13(16)7-12(8-17-14)15(19)20/h3-8H,9,16H2,1-2H3,(H,19,20). The Morgan fingerprint density at radius 1 is 1.40 bits per heavy atom. The number of nitrogens with zero attached hydrogens (tertiary/aromatic N) is 2. The van der Waals surface area contributed by atoms with Crippen LogP contribution < -0.4 is 10.6 Å². The molecule has 0 radical (unpaired) electrons. The van der Waals surface area contributed by atoms with E-state index in [0.717, 1.165) is 5.56 Å². The minimum atomic E-state index is -1.03. The third-order valence-corrected chi connectivity index (χ3v) is 3.01. The van der Waals surface area contributed by atoms with Crippen LogP contribution in [0, 0.1) is 6.92 Å². The number of carbonyl (C=O) groups is 1. The van der Waals surface area contributed by atoms with E-state index in [2.05, 4.69) is 11.1 Å². The molecule has 0 aliphatic rings. The van der Waals surface area contributed by atoms with Gasteiger partial charge in [0, 0.05) is 19.8 Å². The second-order valence-electron chi connectivity index (χ2n) is 4.79. The van der Waals surface area contributed by atoms with Crippen molar-refractivity contribution in [2.45, 2.75) is 13.5 Å². The molecule has 1 heterocycles. The van der Waals surface area contributed by atoms with Crippen molar-refractivity contribution in [3.8, 4) is 0 Å². The molecule has 104 valence electrons. The van der Waals surface area contributed by atoms with Crippen LogP contribution in [-0.2, 0) is 6.54 Å². The maximum absolute atomic E-state index is 10.9. The molecule has 1 aromatic carbocycles. The minimum Gasteiger partial charge on any atom is -0.478 e. The van der Waals surface area contributed by atoms with E-state index in [9.17, 15) is 4.79 Å². The molecule has 2 aromatic rings. The number of carboxylic acid groups (broad SMARTS) is 1. The van der Waals surface area contributed by atoms with E-state index in [1.165, 1.54) is 17.8 Å². The molecule has 5 nitrogen and oxygen atoms in total. The van der Waals surface area contributed by atoms with E-state index in [4.69, 9.17) is 10.8 Å². The number of aryl methyl sites for hydroxylation is 1. The molecule has 0 fully saturated rings. The second-order valence-corrected chi connectivity index (χ2v) is 4.79. The average molecular weight is 271 g/mol. The van der Waals surface area contributed by atoms with Crippen molar-refractivity contribution in [2.75, 3.05) is 17.7 Å². The van der Waals surface area contributed by atoms with Gasteiger partial charge in [0.05, 0.1) is 11.3 Å². The second kappa shape index (κ2) is 5.61. The van der Waals surface area contributed by atoms with Crippen molar-refractivity contribution >= 4 is 17.5 Å². The van der Waals surface area contributed by atoms with Gasteiger partial charge < -0.3 is 15.7 Å². The Balaban J connectivity index is 2.21. The fourth-order valence-electron chi connectivity index (χ4n) is 2.07. The van der Waals surface area contributed by atoms with E-state index in [-0.39, 0.29) is 5.56 Å². The molecule has 0 amide bonds. The lowest BCUT2D eigenvalue weighted by Crippen LogP contribution is -2.19. The highest BCUT2D eigenvalue weighted by Crippen LogP contribution is 2.22. The van der Waals surface area contributed by atoms with Crippen LogP contribution in [0.5, 0.6) is 0 Å². The van der Waals surface area contributed by atoms with Gasteiger partial charge in [-0.2, -0.15) is 0 Å². The van der Waals surface area contributed by atoms with Crippen LogP contribution in [0.1, 0.15) is 21.5 Å². The maximum atomic E-state index is 10.9. The molecule has 0 atom stereocenters. The molecule has 5 heteroatoms. The quantitative estimate of drug-likeness (QED) is 0.892. The van der Waals surface area contributed by atoms with Gasteiger partial charge in [-0.1, -0.05) is 29.8 Å². The van der Waals surface area contributed by atoms with Crippen LogP contribution >= 0.6 is 0 Å². The predicted molar refractivity (Wildman–Crippen MR) is 78.9 cm³/mol. The Morgan fingerprint density at radius 2 is 2.15 bits per heavy atom. The highest BCUT2D eigenvalue weighted by molar-refractivity contribution is 5.89. The number of aromatic carboxylic acids is 1. The molecular formula is C15H17N3O2. The number of benzene rings is 1. The van der Waals surface area contributed by atoms with Crippen molar-refractivity contribution in [3.63, 3.8) is 0 Å². The van der Waals surface area contributed by atoms with Crippen molar-refractivity contribution in [1.29, 1.82) is 0 Å². The van der Waals surface area contributed by atoms with Crippen LogP contribution in [0.2, 0.25) is 0 Å². The van der Waals surface area contributed by atoms with Crippen LogP contribution in [0.4, 0.5) is 11.5 Å². The van der Waals surface area contributed by atoms with Gasteiger partial charge in [-0.25, -0.2) is 9.78 Å². The van der Waals surface area contributed by atoms with E-state index in [0.29, 0.717) is 18.1 Å². The Bertz CT molecular complexity index is 641. The normalized spacial score (nSPS) is 10.3. The molecule has 1 aromatic heterocycles. The smallest absolute Gasteiger partial charge is 0.337 e.